The predicted molar refractivity (Wildman–Crippen MR) is 75.6 cm³/mol. The van der Waals surface area contributed by atoms with E-state index in [1.807, 2.05) is 11.0 Å². The zero-order valence-electron chi connectivity index (χ0n) is 11.2. The highest BCUT2D eigenvalue weighted by Crippen LogP contribution is 2.29. The third-order valence-electron chi connectivity index (χ3n) is 3.96. The first-order valence-electron chi connectivity index (χ1n) is 6.55. The number of likely N-dealkylation sites (tertiary alicyclic amines) is 1. The molecular weight excluding hydrogens is 244 g/mol. The fourth-order valence-corrected chi connectivity index (χ4v) is 2.96. The number of hydrogen-bond donors (Lipinski definition) is 1. The van der Waals surface area contributed by atoms with Crippen LogP contribution in [0.15, 0.2) is 17.5 Å². The number of piperidine rings is 1. The van der Waals surface area contributed by atoms with Gasteiger partial charge in [-0.15, -0.1) is 11.3 Å². The Morgan fingerprint density at radius 2 is 2.39 bits per heavy atom. The van der Waals surface area contributed by atoms with E-state index in [0.29, 0.717) is 13.0 Å². The molecule has 1 saturated heterocycles. The van der Waals surface area contributed by atoms with E-state index < -0.39 is 0 Å². The lowest BCUT2D eigenvalue weighted by Gasteiger charge is -2.42. The van der Waals surface area contributed by atoms with Crippen LogP contribution in [0.5, 0.6) is 0 Å². The van der Waals surface area contributed by atoms with Crippen LogP contribution in [0.1, 0.15) is 31.6 Å². The summed E-state index contributed by atoms with van der Waals surface area (Å²) >= 11 is 1.72. The Bertz CT molecular complexity index is 400. The third-order valence-corrected chi connectivity index (χ3v) is 4.90. The molecule has 1 unspecified atom stereocenters. The van der Waals surface area contributed by atoms with Gasteiger partial charge in [0.1, 0.15) is 0 Å². The van der Waals surface area contributed by atoms with Crippen molar-refractivity contribution in [1.29, 1.82) is 0 Å². The van der Waals surface area contributed by atoms with Gasteiger partial charge in [0.05, 0.1) is 0 Å². The summed E-state index contributed by atoms with van der Waals surface area (Å²) in [5, 5.41) is 2.05. The second-order valence-corrected chi connectivity index (χ2v) is 6.80. The van der Waals surface area contributed by atoms with Crippen LogP contribution in [0.25, 0.3) is 0 Å². The van der Waals surface area contributed by atoms with Crippen molar-refractivity contribution in [3.8, 4) is 0 Å². The molecule has 0 bridgehead atoms. The number of carbonyl (C=O) groups excluding carboxylic acids is 1. The zero-order valence-corrected chi connectivity index (χ0v) is 12.0. The maximum Gasteiger partial charge on any atom is 0.222 e. The monoisotopic (exact) mass is 266 g/mol. The first-order valence-corrected chi connectivity index (χ1v) is 7.43. The topological polar surface area (TPSA) is 46.3 Å². The van der Waals surface area contributed by atoms with Crippen molar-refractivity contribution in [2.24, 2.45) is 11.1 Å². The maximum atomic E-state index is 12.1. The summed E-state index contributed by atoms with van der Waals surface area (Å²) in [6.45, 7) is 5.93. The summed E-state index contributed by atoms with van der Waals surface area (Å²) < 4.78 is 0. The van der Waals surface area contributed by atoms with Gasteiger partial charge in [-0.1, -0.05) is 19.9 Å². The van der Waals surface area contributed by atoms with Crippen molar-refractivity contribution >= 4 is 17.2 Å². The van der Waals surface area contributed by atoms with E-state index in [-0.39, 0.29) is 17.4 Å². The minimum absolute atomic E-state index is 0.0944. The molecule has 4 heteroatoms. The molecule has 1 aromatic rings. The average molecular weight is 266 g/mol. The summed E-state index contributed by atoms with van der Waals surface area (Å²) in [6, 6.07) is 4.21. The number of nitrogens with zero attached hydrogens (tertiary/aromatic N) is 1. The fraction of sp³-hybridized carbons (Fsp3) is 0.643. The van der Waals surface area contributed by atoms with Gasteiger partial charge in [-0.25, -0.2) is 0 Å². The molecule has 1 aliphatic heterocycles. The highest BCUT2D eigenvalue weighted by Gasteiger charge is 2.34. The molecule has 1 aliphatic rings. The molecule has 18 heavy (non-hydrogen) atoms. The minimum Gasteiger partial charge on any atom is -0.341 e. The first-order chi connectivity index (χ1) is 8.49. The molecule has 2 rings (SSSR count). The van der Waals surface area contributed by atoms with Crippen LogP contribution in [0.4, 0.5) is 0 Å². The van der Waals surface area contributed by atoms with Crippen molar-refractivity contribution in [2.75, 3.05) is 13.1 Å². The summed E-state index contributed by atoms with van der Waals surface area (Å²) in [5.74, 6) is 0.245. The van der Waals surface area contributed by atoms with Gasteiger partial charge in [0.25, 0.3) is 0 Å². The van der Waals surface area contributed by atoms with Gasteiger partial charge >= 0.3 is 0 Å². The molecule has 2 heterocycles. The number of thiophene rings is 1. The van der Waals surface area contributed by atoms with Gasteiger partial charge in [0.15, 0.2) is 0 Å². The smallest absolute Gasteiger partial charge is 0.222 e. The van der Waals surface area contributed by atoms with Gasteiger partial charge < -0.3 is 10.6 Å². The Morgan fingerprint density at radius 1 is 1.61 bits per heavy atom. The largest absolute Gasteiger partial charge is 0.341 e. The van der Waals surface area contributed by atoms with Crippen LogP contribution in [0.3, 0.4) is 0 Å². The number of hydrogen-bond acceptors (Lipinski definition) is 3. The van der Waals surface area contributed by atoms with E-state index in [1.165, 1.54) is 4.88 Å². The van der Waals surface area contributed by atoms with Gasteiger partial charge in [0.2, 0.25) is 5.91 Å². The Labute approximate surface area is 113 Å². The van der Waals surface area contributed by atoms with Crippen molar-refractivity contribution in [3.05, 3.63) is 22.4 Å². The number of rotatable bonds is 3. The van der Waals surface area contributed by atoms with E-state index >= 15 is 0 Å². The summed E-state index contributed by atoms with van der Waals surface area (Å²) in [5.41, 5.74) is 6.30. The third kappa shape index (κ3) is 3.12. The lowest BCUT2D eigenvalue weighted by atomic mass is 9.78. The number of nitrogens with two attached hydrogens (primary N) is 1. The summed E-state index contributed by atoms with van der Waals surface area (Å²) in [4.78, 5) is 15.3. The summed E-state index contributed by atoms with van der Waals surface area (Å²) in [7, 11) is 0. The van der Waals surface area contributed by atoms with E-state index in [0.717, 1.165) is 19.4 Å². The molecule has 0 radical (unpaired) electrons. The highest BCUT2D eigenvalue weighted by molar-refractivity contribution is 7.09. The molecule has 0 spiro atoms. The normalized spacial score (nSPS) is 23.1. The van der Waals surface area contributed by atoms with E-state index in [4.69, 9.17) is 5.73 Å². The molecule has 2 N–H and O–H groups in total. The summed E-state index contributed by atoms with van der Waals surface area (Å²) in [6.07, 6.45) is 2.46. The molecule has 100 valence electrons. The molecule has 1 amide bonds. The standard InChI is InChI=1S/C14H22N2OS/c1-14(2)7-8-16(10-12(14)15)13(17)6-5-11-4-3-9-18-11/h3-4,9,12H,5-8,10,15H2,1-2H3. The van der Waals surface area contributed by atoms with Gasteiger partial charge in [-0.2, -0.15) is 0 Å². The van der Waals surface area contributed by atoms with Crippen molar-refractivity contribution in [1.82, 2.24) is 4.90 Å². The molecular formula is C14H22N2OS. The Morgan fingerprint density at radius 3 is 3.00 bits per heavy atom. The molecule has 1 fully saturated rings. The number of aryl methyl sites for hydroxylation is 1. The maximum absolute atomic E-state index is 12.1. The lowest BCUT2D eigenvalue weighted by Crippen LogP contribution is -2.54. The SMILES string of the molecule is CC1(C)CCN(C(=O)CCc2cccs2)CC1N. The van der Waals surface area contributed by atoms with Gasteiger partial charge in [-0.05, 0) is 29.7 Å². The van der Waals surface area contributed by atoms with E-state index in [2.05, 4.69) is 25.3 Å². The quantitative estimate of drug-likeness (QED) is 0.912. The number of carbonyl (C=O) groups is 1. The van der Waals surface area contributed by atoms with Crippen LogP contribution >= 0.6 is 11.3 Å². The Balaban J connectivity index is 1.83. The molecule has 1 aromatic heterocycles. The average Bonchev–Trinajstić information content (AvgIpc) is 2.82. The van der Waals surface area contributed by atoms with E-state index in [1.54, 1.807) is 11.3 Å². The van der Waals surface area contributed by atoms with Crippen molar-refractivity contribution in [3.63, 3.8) is 0 Å². The highest BCUT2D eigenvalue weighted by atomic mass is 32.1. The molecule has 0 aromatic carbocycles. The molecule has 0 saturated carbocycles. The molecule has 0 aliphatic carbocycles. The molecule has 1 atom stereocenters. The van der Waals surface area contributed by atoms with Crippen molar-refractivity contribution < 1.29 is 4.79 Å². The predicted octanol–water partition coefficient (Wildman–Crippen LogP) is 2.27. The van der Waals surface area contributed by atoms with Crippen LogP contribution in [-0.2, 0) is 11.2 Å². The molecule has 3 nitrogen and oxygen atoms in total. The van der Waals surface area contributed by atoms with Crippen LogP contribution in [-0.4, -0.2) is 29.9 Å². The second kappa shape index (κ2) is 5.41. The zero-order chi connectivity index (χ0) is 13.2. The first kappa shape index (κ1) is 13.6. The van der Waals surface area contributed by atoms with Crippen molar-refractivity contribution in [2.45, 2.75) is 39.2 Å². The fourth-order valence-electron chi connectivity index (χ4n) is 2.25. The minimum atomic E-state index is 0.0944. The lowest BCUT2D eigenvalue weighted by molar-refractivity contribution is -0.133. The van der Waals surface area contributed by atoms with E-state index in [9.17, 15) is 4.79 Å². The van der Waals surface area contributed by atoms with Crippen LogP contribution in [0.2, 0.25) is 0 Å². The van der Waals surface area contributed by atoms with Crippen LogP contribution < -0.4 is 5.73 Å². The van der Waals surface area contributed by atoms with Gasteiger partial charge in [0, 0.05) is 30.4 Å². The Kier molecular flexibility index (Phi) is 4.07. The number of amides is 1. The Hall–Kier alpha value is -0.870. The second-order valence-electron chi connectivity index (χ2n) is 5.76. The van der Waals surface area contributed by atoms with Gasteiger partial charge in [-0.3, -0.25) is 4.79 Å². The van der Waals surface area contributed by atoms with Crippen LogP contribution in [0, 0.1) is 5.41 Å².